The van der Waals surface area contributed by atoms with Crippen LogP contribution in [0.3, 0.4) is 0 Å². The van der Waals surface area contributed by atoms with Gasteiger partial charge in [0.2, 0.25) is 0 Å². The summed E-state index contributed by atoms with van der Waals surface area (Å²) < 4.78 is 0. The zero-order valence-corrected chi connectivity index (χ0v) is 13.3. The summed E-state index contributed by atoms with van der Waals surface area (Å²) in [4.78, 5) is 11.3. The molecule has 0 saturated carbocycles. The van der Waals surface area contributed by atoms with Crippen LogP contribution in [-0.4, -0.2) is 23.6 Å². The van der Waals surface area contributed by atoms with Crippen LogP contribution in [0.5, 0.6) is 0 Å². The van der Waals surface area contributed by atoms with E-state index in [1.54, 1.807) is 0 Å². The van der Waals surface area contributed by atoms with Gasteiger partial charge >= 0.3 is 0 Å². The minimum atomic E-state index is 0.766. The van der Waals surface area contributed by atoms with Crippen LogP contribution in [0.4, 0.5) is 5.82 Å². The van der Waals surface area contributed by atoms with E-state index in [4.69, 9.17) is 0 Å². The highest BCUT2D eigenvalue weighted by molar-refractivity contribution is 5.47. The second-order valence-electron chi connectivity index (χ2n) is 5.39. The lowest BCUT2D eigenvalue weighted by Gasteiger charge is -2.20. The Morgan fingerprint density at radius 1 is 1.24 bits per heavy atom. The van der Waals surface area contributed by atoms with Gasteiger partial charge in [-0.1, -0.05) is 13.0 Å². The Bertz CT molecular complexity index is 595. The van der Waals surface area contributed by atoms with E-state index in [0.717, 1.165) is 36.8 Å². The molecule has 4 nitrogen and oxygen atoms in total. The standard InChI is InChI=1S/C17H24N4/c1-5-18-10-15-9-13(2)17(19-11-15)21(4)12-16-8-6-7-14(3)20-16/h6-9,11,18H,5,10,12H2,1-4H3. The number of hydrogen-bond acceptors (Lipinski definition) is 4. The van der Waals surface area contributed by atoms with Crippen molar-refractivity contribution in [3.63, 3.8) is 0 Å². The van der Waals surface area contributed by atoms with Gasteiger partial charge in [-0.3, -0.25) is 4.98 Å². The fourth-order valence-electron chi connectivity index (χ4n) is 2.40. The van der Waals surface area contributed by atoms with Gasteiger partial charge in [-0.15, -0.1) is 0 Å². The zero-order valence-electron chi connectivity index (χ0n) is 13.3. The number of nitrogens with zero attached hydrogens (tertiary/aromatic N) is 3. The minimum Gasteiger partial charge on any atom is -0.354 e. The summed E-state index contributed by atoms with van der Waals surface area (Å²) in [5, 5.41) is 3.32. The van der Waals surface area contributed by atoms with Crippen molar-refractivity contribution in [2.75, 3.05) is 18.5 Å². The van der Waals surface area contributed by atoms with Crippen molar-refractivity contribution >= 4 is 5.82 Å². The average molecular weight is 284 g/mol. The molecule has 0 aliphatic carbocycles. The maximum absolute atomic E-state index is 4.61. The monoisotopic (exact) mass is 284 g/mol. The molecule has 0 bridgehead atoms. The number of rotatable bonds is 6. The summed E-state index contributed by atoms with van der Waals surface area (Å²) in [6.07, 6.45) is 1.95. The van der Waals surface area contributed by atoms with Gasteiger partial charge < -0.3 is 10.2 Å². The van der Waals surface area contributed by atoms with Crippen LogP contribution in [0, 0.1) is 13.8 Å². The van der Waals surface area contributed by atoms with Crippen LogP contribution in [0.2, 0.25) is 0 Å². The molecule has 0 saturated heterocycles. The molecule has 1 N–H and O–H groups in total. The van der Waals surface area contributed by atoms with E-state index in [-0.39, 0.29) is 0 Å². The molecule has 2 aromatic heterocycles. The second-order valence-corrected chi connectivity index (χ2v) is 5.39. The first kappa shape index (κ1) is 15.4. The number of anilines is 1. The molecule has 4 heteroatoms. The molecule has 112 valence electrons. The molecule has 2 aromatic rings. The average Bonchev–Trinajstić information content (AvgIpc) is 2.45. The van der Waals surface area contributed by atoms with Crippen LogP contribution >= 0.6 is 0 Å². The Labute approximate surface area is 127 Å². The minimum absolute atomic E-state index is 0.766. The fraction of sp³-hybridized carbons (Fsp3) is 0.412. The van der Waals surface area contributed by atoms with Crippen molar-refractivity contribution in [1.29, 1.82) is 0 Å². The molecular weight excluding hydrogens is 260 g/mol. The zero-order chi connectivity index (χ0) is 15.2. The Balaban J connectivity index is 2.10. The van der Waals surface area contributed by atoms with E-state index >= 15 is 0 Å². The predicted molar refractivity (Wildman–Crippen MR) is 87.4 cm³/mol. The molecule has 2 rings (SSSR count). The van der Waals surface area contributed by atoms with Crippen molar-refractivity contribution < 1.29 is 0 Å². The molecule has 2 heterocycles. The summed E-state index contributed by atoms with van der Waals surface area (Å²) in [6.45, 7) is 8.84. The highest BCUT2D eigenvalue weighted by atomic mass is 15.2. The van der Waals surface area contributed by atoms with Gasteiger partial charge in [-0.2, -0.15) is 0 Å². The van der Waals surface area contributed by atoms with Gasteiger partial charge in [0.25, 0.3) is 0 Å². The lowest BCUT2D eigenvalue weighted by atomic mass is 10.2. The summed E-state index contributed by atoms with van der Waals surface area (Å²) in [5.74, 6) is 1.01. The summed E-state index contributed by atoms with van der Waals surface area (Å²) in [7, 11) is 2.06. The van der Waals surface area contributed by atoms with Crippen molar-refractivity contribution in [2.24, 2.45) is 0 Å². The number of aryl methyl sites for hydroxylation is 2. The fourth-order valence-corrected chi connectivity index (χ4v) is 2.40. The SMILES string of the molecule is CCNCc1cnc(N(C)Cc2cccc(C)n2)c(C)c1. The van der Waals surface area contributed by atoms with Gasteiger partial charge in [0.1, 0.15) is 5.82 Å². The molecule has 0 fully saturated rings. The van der Waals surface area contributed by atoms with Crippen molar-refractivity contribution in [1.82, 2.24) is 15.3 Å². The van der Waals surface area contributed by atoms with Gasteiger partial charge in [-0.25, -0.2) is 4.98 Å². The van der Waals surface area contributed by atoms with E-state index in [2.05, 4.69) is 53.2 Å². The van der Waals surface area contributed by atoms with E-state index < -0.39 is 0 Å². The molecule has 0 aliphatic rings. The predicted octanol–water partition coefficient (Wildman–Crippen LogP) is 2.84. The largest absolute Gasteiger partial charge is 0.354 e. The smallest absolute Gasteiger partial charge is 0.131 e. The quantitative estimate of drug-likeness (QED) is 0.885. The van der Waals surface area contributed by atoms with Gasteiger partial charge in [0.05, 0.1) is 12.2 Å². The Morgan fingerprint density at radius 2 is 2.05 bits per heavy atom. The lowest BCUT2D eigenvalue weighted by molar-refractivity contribution is 0.723. The molecule has 0 atom stereocenters. The third-order valence-electron chi connectivity index (χ3n) is 3.39. The van der Waals surface area contributed by atoms with E-state index in [0.29, 0.717) is 0 Å². The number of nitrogens with one attached hydrogen (secondary N) is 1. The molecule has 0 radical (unpaired) electrons. The molecule has 0 amide bonds. The van der Waals surface area contributed by atoms with E-state index in [1.165, 1.54) is 11.1 Å². The highest BCUT2D eigenvalue weighted by Crippen LogP contribution is 2.18. The van der Waals surface area contributed by atoms with Crippen LogP contribution in [0.15, 0.2) is 30.5 Å². The van der Waals surface area contributed by atoms with Crippen LogP contribution < -0.4 is 10.2 Å². The normalized spacial score (nSPS) is 10.7. The summed E-state index contributed by atoms with van der Waals surface area (Å²) in [5.41, 5.74) is 4.53. The highest BCUT2D eigenvalue weighted by Gasteiger charge is 2.08. The first-order valence-electron chi connectivity index (χ1n) is 7.40. The first-order valence-corrected chi connectivity index (χ1v) is 7.40. The third-order valence-corrected chi connectivity index (χ3v) is 3.39. The molecule has 0 aliphatic heterocycles. The molecule has 0 spiro atoms. The van der Waals surface area contributed by atoms with Crippen molar-refractivity contribution in [3.05, 3.63) is 53.0 Å². The molecule has 0 unspecified atom stereocenters. The first-order chi connectivity index (χ1) is 10.1. The molecular formula is C17H24N4. The van der Waals surface area contributed by atoms with Crippen LogP contribution in [-0.2, 0) is 13.1 Å². The van der Waals surface area contributed by atoms with Crippen LogP contribution in [0.25, 0.3) is 0 Å². The summed E-state index contributed by atoms with van der Waals surface area (Å²) >= 11 is 0. The van der Waals surface area contributed by atoms with Crippen molar-refractivity contribution in [3.8, 4) is 0 Å². The van der Waals surface area contributed by atoms with Gasteiger partial charge in [-0.05, 0) is 49.7 Å². The Morgan fingerprint density at radius 3 is 2.71 bits per heavy atom. The topological polar surface area (TPSA) is 41.1 Å². The Kier molecular flexibility index (Phi) is 5.28. The maximum Gasteiger partial charge on any atom is 0.131 e. The molecule has 21 heavy (non-hydrogen) atoms. The van der Waals surface area contributed by atoms with Gasteiger partial charge in [0, 0.05) is 25.5 Å². The van der Waals surface area contributed by atoms with E-state index in [9.17, 15) is 0 Å². The summed E-state index contributed by atoms with van der Waals surface area (Å²) in [6, 6.07) is 8.32. The number of pyridine rings is 2. The van der Waals surface area contributed by atoms with Gasteiger partial charge in [0.15, 0.2) is 0 Å². The third kappa shape index (κ3) is 4.26. The second kappa shape index (κ2) is 7.18. The maximum atomic E-state index is 4.61. The number of hydrogen-bond donors (Lipinski definition) is 1. The van der Waals surface area contributed by atoms with Crippen LogP contribution in [0.1, 0.15) is 29.4 Å². The Hall–Kier alpha value is -1.94. The lowest BCUT2D eigenvalue weighted by Crippen LogP contribution is -2.20. The number of aromatic nitrogens is 2. The van der Waals surface area contributed by atoms with Crippen molar-refractivity contribution in [2.45, 2.75) is 33.9 Å². The molecule has 0 aromatic carbocycles. The van der Waals surface area contributed by atoms with E-state index in [1.807, 2.05) is 25.3 Å².